The lowest BCUT2D eigenvalue weighted by molar-refractivity contribution is 0.620. The van der Waals surface area contributed by atoms with Crippen LogP contribution >= 0.6 is 0 Å². The number of para-hydroxylation sites is 3. The second-order valence-corrected chi connectivity index (χ2v) is 14.3. The van der Waals surface area contributed by atoms with Crippen LogP contribution in [-0.4, -0.2) is 9.55 Å². The van der Waals surface area contributed by atoms with Crippen molar-refractivity contribution in [2.45, 2.75) is 0 Å². The Morgan fingerprint density at radius 2 is 0.875 bits per heavy atom. The molecule has 262 valence electrons. The van der Waals surface area contributed by atoms with Gasteiger partial charge in [0.05, 0.1) is 11.0 Å². The monoisotopic (exact) mass is 714 g/mol. The molecular weight excluding hydrogens is 681 g/mol. The lowest BCUT2D eigenvalue weighted by atomic mass is 9.89. The van der Waals surface area contributed by atoms with Gasteiger partial charge in [0.15, 0.2) is 5.58 Å². The minimum atomic E-state index is 0.629. The molecule has 0 fully saturated rings. The van der Waals surface area contributed by atoms with E-state index in [1.54, 1.807) is 0 Å². The van der Waals surface area contributed by atoms with Crippen LogP contribution in [0.15, 0.2) is 211 Å². The fraction of sp³-hybridized carbons (Fsp3) is 0. The molecule has 0 radical (unpaired) electrons. The number of benzene rings is 9. The minimum Gasteiger partial charge on any atom is -0.436 e. The van der Waals surface area contributed by atoms with Gasteiger partial charge < -0.3 is 8.98 Å². The van der Waals surface area contributed by atoms with Crippen molar-refractivity contribution in [1.29, 1.82) is 0 Å². The summed E-state index contributed by atoms with van der Waals surface area (Å²) in [5.74, 6) is 0.629. The Labute approximate surface area is 324 Å². The molecule has 3 nitrogen and oxygen atoms in total. The molecule has 11 aromatic rings. The van der Waals surface area contributed by atoms with E-state index in [9.17, 15) is 0 Å². The molecular formula is C53H34N2O. The van der Waals surface area contributed by atoms with Crippen molar-refractivity contribution < 1.29 is 4.42 Å². The molecule has 0 saturated heterocycles. The zero-order valence-electron chi connectivity index (χ0n) is 30.4. The lowest BCUT2D eigenvalue weighted by Crippen LogP contribution is -1.93. The molecule has 0 N–H and O–H groups in total. The molecule has 0 bridgehead atoms. The van der Waals surface area contributed by atoms with Crippen LogP contribution in [0.2, 0.25) is 0 Å². The molecule has 56 heavy (non-hydrogen) atoms. The first kappa shape index (κ1) is 32.0. The van der Waals surface area contributed by atoms with Gasteiger partial charge >= 0.3 is 0 Å². The van der Waals surface area contributed by atoms with Crippen molar-refractivity contribution in [3.63, 3.8) is 0 Å². The van der Waals surface area contributed by atoms with Crippen molar-refractivity contribution in [3.8, 4) is 61.6 Å². The molecule has 0 atom stereocenters. The van der Waals surface area contributed by atoms with E-state index in [0.29, 0.717) is 5.89 Å². The summed E-state index contributed by atoms with van der Waals surface area (Å²) >= 11 is 0. The largest absolute Gasteiger partial charge is 0.436 e. The van der Waals surface area contributed by atoms with Crippen molar-refractivity contribution >= 4 is 43.7 Å². The quantitative estimate of drug-likeness (QED) is 0.172. The van der Waals surface area contributed by atoms with Gasteiger partial charge in [-0.3, -0.25) is 0 Å². The van der Waals surface area contributed by atoms with Crippen LogP contribution in [0.25, 0.3) is 105 Å². The Bertz CT molecular complexity index is 3200. The molecule has 0 aliphatic carbocycles. The predicted octanol–water partition coefficient (Wildman–Crippen LogP) is 14.4. The van der Waals surface area contributed by atoms with Crippen molar-refractivity contribution in [2.75, 3.05) is 0 Å². The molecule has 0 amide bonds. The number of nitrogens with zero attached hydrogens (tertiary/aromatic N) is 2. The summed E-state index contributed by atoms with van der Waals surface area (Å²) in [5.41, 5.74) is 15.6. The van der Waals surface area contributed by atoms with Gasteiger partial charge in [0.1, 0.15) is 5.52 Å². The average molecular weight is 715 g/mol. The number of hydrogen-bond acceptors (Lipinski definition) is 2. The zero-order valence-corrected chi connectivity index (χ0v) is 30.4. The Balaban J connectivity index is 1.05. The third-order valence-corrected chi connectivity index (χ3v) is 11.1. The van der Waals surface area contributed by atoms with Crippen LogP contribution < -0.4 is 0 Å². The number of hydrogen-bond donors (Lipinski definition) is 0. The van der Waals surface area contributed by atoms with Gasteiger partial charge in [0.2, 0.25) is 5.89 Å². The van der Waals surface area contributed by atoms with E-state index in [-0.39, 0.29) is 0 Å². The standard InChI is InChI=1S/C53H34N2O/c1-2-15-40(16-3-1)55-50-31-29-38(43-22-12-14-35-13-4-5-17-41(35)43)33-47(50)48-34-39(30-32-51(48)55)44-19-7-9-21-46(44)45-20-8-6-18-42(45)36-25-27-37(28-26-36)53-54-49-23-10-11-24-52(49)56-53/h1-34H. The number of aromatic nitrogens is 2. The summed E-state index contributed by atoms with van der Waals surface area (Å²) < 4.78 is 8.47. The second kappa shape index (κ2) is 13.1. The summed E-state index contributed by atoms with van der Waals surface area (Å²) in [7, 11) is 0. The maximum Gasteiger partial charge on any atom is 0.227 e. The highest BCUT2D eigenvalue weighted by atomic mass is 16.3. The van der Waals surface area contributed by atoms with Crippen LogP contribution in [0.4, 0.5) is 0 Å². The molecule has 11 rings (SSSR count). The molecule has 9 aromatic carbocycles. The van der Waals surface area contributed by atoms with Gasteiger partial charge in [0, 0.05) is 22.0 Å². The summed E-state index contributed by atoms with van der Waals surface area (Å²) in [6, 6.07) is 73.8. The first-order valence-electron chi connectivity index (χ1n) is 19.0. The maximum atomic E-state index is 6.07. The maximum absolute atomic E-state index is 6.07. The van der Waals surface area contributed by atoms with Gasteiger partial charge in [-0.25, -0.2) is 4.98 Å². The highest BCUT2D eigenvalue weighted by Gasteiger charge is 2.18. The molecule has 0 aliphatic heterocycles. The van der Waals surface area contributed by atoms with E-state index in [0.717, 1.165) is 27.9 Å². The molecule has 0 spiro atoms. The van der Waals surface area contributed by atoms with E-state index in [1.807, 2.05) is 24.3 Å². The van der Waals surface area contributed by atoms with Crippen LogP contribution in [0.1, 0.15) is 0 Å². The number of oxazole rings is 1. The third kappa shape index (κ3) is 5.32. The van der Waals surface area contributed by atoms with E-state index < -0.39 is 0 Å². The SMILES string of the molecule is c1ccc(-n2c3ccc(-c4ccccc4-c4ccccc4-c4ccc(-c5nc6ccccc6o5)cc4)cc3c3cc(-c4cccc5ccccc45)ccc32)cc1. The van der Waals surface area contributed by atoms with Crippen LogP contribution in [0.3, 0.4) is 0 Å². The molecule has 2 aromatic heterocycles. The topological polar surface area (TPSA) is 31.0 Å². The highest BCUT2D eigenvalue weighted by molar-refractivity contribution is 6.13. The van der Waals surface area contributed by atoms with Crippen LogP contribution in [0, 0.1) is 0 Å². The van der Waals surface area contributed by atoms with Crippen LogP contribution in [-0.2, 0) is 0 Å². The molecule has 0 saturated carbocycles. The van der Waals surface area contributed by atoms with Gasteiger partial charge in [-0.05, 0) is 116 Å². The third-order valence-electron chi connectivity index (χ3n) is 11.1. The molecule has 3 heteroatoms. The fourth-order valence-corrected chi connectivity index (χ4v) is 8.42. The fourth-order valence-electron chi connectivity index (χ4n) is 8.42. The van der Waals surface area contributed by atoms with Gasteiger partial charge in [-0.1, -0.05) is 146 Å². The first-order valence-corrected chi connectivity index (χ1v) is 19.0. The first-order chi connectivity index (χ1) is 27.8. The predicted molar refractivity (Wildman–Crippen MR) is 233 cm³/mol. The van der Waals surface area contributed by atoms with Crippen molar-refractivity contribution in [2.24, 2.45) is 0 Å². The summed E-state index contributed by atoms with van der Waals surface area (Å²) in [6.07, 6.45) is 0. The van der Waals surface area contributed by atoms with Gasteiger partial charge in [-0.2, -0.15) is 0 Å². The smallest absolute Gasteiger partial charge is 0.227 e. The van der Waals surface area contributed by atoms with Crippen molar-refractivity contribution in [1.82, 2.24) is 9.55 Å². The average Bonchev–Trinajstić information content (AvgIpc) is 3.86. The second-order valence-electron chi connectivity index (χ2n) is 14.3. The molecule has 0 aliphatic rings. The molecule has 0 unspecified atom stereocenters. The number of fused-ring (bicyclic) bond motifs is 5. The van der Waals surface area contributed by atoms with Crippen molar-refractivity contribution in [3.05, 3.63) is 206 Å². The minimum absolute atomic E-state index is 0.629. The van der Waals surface area contributed by atoms with Gasteiger partial charge in [-0.15, -0.1) is 0 Å². The Morgan fingerprint density at radius 3 is 1.59 bits per heavy atom. The summed E-state index contributed by atoms with van der Waals surface area (Å²) in [4.78, 5) is 4.72. The van der Waals surface area contributed by atoms with Gasteiger partial charge in [0.25, 0.3) is 0 Å². The lowest BCUT2D eigenvalue weighted by Gasteiger charge is -2.15. The van der Waals surface area contributed by atoms with E-state index in [2.05, 4.69) is 187 Å². The van der Waals surface area contributed by atoms with E-state index in [1.165, 1.54) is 71.5 Å². The Morgan fingerprint density at radius 1 is 0.357 bits per heavy atom. The number of rotatable bonds is 6. The normalized spacial score (nSPS) is 11.6. The Hall–Kier alpha value is -7.49. The van der Waals surface area contributed by atoms with E-state index >= 15 is 0 Å². The van der Waals surface area contributed by atoms with Crippen LogP contribution in [0.5, 0.6) is 0 Å². The van der Waals surface area contributed by atoms with E-state index in [4.69, 9.17) is 9.40 Å². The molecule has 2 heterocycles. The summed E-state index contributed by atoms with van der Waals surface area (Å²) in [6.45, 7) is 0. The summed E-state index contributed by atoms with van der Waals surface area (Å²) in [5, 5.41) is 4.96. The highest BCUT2D eigenvalue weighted by Crippen LogP contribution is 2.42. The Kier molecular flexibility index (Phi) is 7.49. The zero-order chi connectivity index (χ0) is 37.0.